The van der Waals surface area contributed by atoms with E-state index in [1.54, 1.807) is 6.92 Å². The summed E-state index contributed by atoms with van der Waals surface area (Å²) in [7, 11) is 0. The Bertz CT molecular complexity index is 828. The molecule has 0 aromatic carbocycles. The van der Waals surface area contributed by atoms with Crippen molar-refractivity contribution in [2.45, 2.75) is 77.0 Å². The van der Waals surface area contributed by atoms with Gasteiger partial charge in [-0.3, -0.25) is 14.5 Å². The molecule has 0 aromatic heterocycles. The molecule has 1 amide bonds. The van der Waals surface area contributed by atoms with E-state index in [0.29, 0.717) is 55.5 Å². The van der Waals surface area contributed by atoms with Crippen molar-refractivity contribution in [2.24, 2.45) is 46.8 Å². The van der Waals surface area contributed by atoms with Crippen LogP contribution in [-0.4, -0.2) is 71.1 Å². The summed E-state index contributed by atoms with van der Waals surface area (Å²) in [5.74, 6) is 2.83. The van der Waals surface area contributed by atoms with Gasteiger partial charge in [-0.1, -0.05) is 6.92 Å². The van der Waals surface area contributed by atoms with E-state index in [4.69, 9.17) is 0 Å². The van der Waals surface area contributed by atoms with E-state index in [1.165, 1.54) is 0 Å². The van der Waals surface area contributed by atoms with Crippen LogP contribution in [0, 0.1) is 46.8 Å². The molecule has 0 radical (unpaired) electrons. The van der Waals surface area contributed by atoms with E-state index in [0.717, 1.165) is 58.0 Å². The molecule has 6 aliphatic rings. The topological polar surface area (TPSA) is 60.9 Å². The third kappa shape index (κ3) is 3.44. The van der Waals surface area contributed by atoms with Crippen molar-refractivity contribution < 1.29 is 19.1 Å². The highest BCUT2D eigenvalue weighted by molar-refractivity contribution is 5.84. The Kier molecular flexibility index (Phi) is 5.27. The molecule has 6 rings (SSSR count). The van der Waals surface area contributed by atoms with Crippen LogP contribution in [-0.2, 0) is 9.59 Å². The van der Waals surface area contributed by atoms with E-state index in [2.05, 4.69) is 11.8 Å². The van der Waals surface area contributed by atoms with Gasteiger partial charge < -0.3 is 10.0 Å². The van der Waals surface area contributed by atoms with Crippen LogP contribution in [0.25, 0.3) is 0 Å². The molecule has 0 bridgehead atoms. The van der Waals surface area contributed by atoms with Crippen LogP contribution in [0.3, 0.4) is 0 Å². The lowest BCUT2D eigenvalue weighted by Gasteiger charge is -2.56. The highest BCUT2D eigenvalue weighted by Crippen LogP contribution is 2.69. The zero-order chi connectivity index (χ0) is 23.1. The van der Waals surface area contributed by atoms with Gasteiger partial charge in [0.25, 0.3) is 0 Å². The Morgan fingerprint density at radius 2 is 1.70 bits per heavy atom. The monoisotopic (exact) mass is 460 g/mol. The van der Waals surface area contributed by atoms with E-state index in [1.807, 2.05) is 4.90 Å². The lowest BCUT2D eigenvalue weighted by atomic mass is 9.49. The molecule has 1 heterocycles. The second-order valence-electron chi connectivity index (χ2n) is 12.8. The number of hydrogen-bond donors (Lipinski definition) is 1. The van der Waals surface area contributed by atoms with Gasteiger partial charge in [0.1, 0.15) is 12.0 Å². The molecule has 1 N–H and O–H groups in total. The molecule has 0 aromatic rings. The maximum absolute atomic E-state index is 15.6. The lowest BCUT2D eigenvalue weighted by molar-refractivity contribution is -0.136. The van der Waals surface area contributed by atoms with Crippen molar-refractivity contribution in [3.8, 4) is 0 Å². The van der Waals surface area contributed by atoms with Gasteiger partial charge in [-0.05, 0) is 92.3 Å². The van der Waals surface area contributed by atoms with Gasteiger partial charge in [-0.25, -0.2) is 4.39 Å². The minimum Gasteiger partial charge on any atom is -0.390 e. The summed E-state index contributed by atoms with van der Waals surface area (Å²) in [5.41, 5.74) is -0.525. The average Bonchev–Trinajstić information content (AvgIpc) is 3.34. The molecule has 33 heavy (non-hydrogen) atoms. The molecule has 1 aliphatic heterocycles. The van der Waals surface area contributed by atoms with Crippen LogP contribution in [0.1, 0.15) is 65.2 Å². The van der Waals surface area contributed by atoms with Gasteiger partial charge in [0.05, 0.1) is 12.1 Å². The number of piperazine rings is 1. The fraction of sp³-hybridized carbons (Fsp3) is 0.926. The maximum atomic E-state index is 15.6. The standard InChI is InChI=1S/C27H41FN2O3/c1-16(31)30-11-9-29(10-12-30)15-24(32)21-4-3-20-19-13-23(28)25-18(6-8-27(33)14-22(25)27)17(19)5-7-26(20,21)2/h17-23,25,33H,3-15H2,1-2H3/t17-,18-,19-,20+,21-,22?,23-,25-,26+,27+/m1/s1. The quantitative estimate of drug-likeness (QED) is 0.702. The Morgan fingerprint density at radius 3 is 2.42 bits per heavy atom. The van der Waals surface area contributed by atoms with Crippen LogP contribution in [0.15, 0.2) is 0 Å². The first-order valence-corrected chi connectivity index (χ1v) is 13.6. The first kappa shape index (κ1) is 22.5. The number of halogens is 1. The molecule has 1 saturated heterocycles. The molecule has 184 valence electrons. The second kappa shape index (κ2) is 7.74. The molecule has 5 saturated carbocycles. The number of alkyl halides is 1. The van der Waals surface area contributed by atoms with E-state index in [-0.39, 0.29) is 29.1 Å². The molecule has 5 aliphatic carbocycles. The summed E-state index contributed by atoms with van der Waals surface area (Å²) in [4.78, 5) is 29.2. The largest absolute Gasteiger partial charge is 0.390 e. The summed E-state index contributed by atoms with van der Waals surface area (Å²) in [5, 5.41) is 10.6. The SMILES string of the molecule is CC(=O)N1CCN(CC(=O)[C@H]2CC[C@H]3[C@@H]4C[C@@H](F)[C@H]5C6C[C@@]6(O)CC[C@@H]5[C@H]4CC[C@]23C)CC1. The normalized spacial score (nSPS) is 51.2. The number of rotatable bonds is 3. The minimum atomic E-state index is -0.773. The van der Waals surface area contributed by atoms with Gasteiger partial charge in [-0.15, -0.1) is 0 Å². The smallest absolute Gasteiger partial charge is 0.219 e. The molecule has 0 spiro atoms. The Morgan fingerprint density at radius 1 is 0.970 bits per heavy atom. The number of Topliss-reactive ketones (excluding diaryl/α,β-unsaturated/α-hetero) is 1. The predicted octanol–water partition coefficient (Wildman–Crippen LogP) is 3.30. The third-order valence-corrected chi connectivity index (χ3v) is 11.5. The highest BCUT2D eigenvalue weighted by Gasteiger charge is 2.67. The number of fused-ring (bicyclic) bond motifs is 7. The number of carbonyl (C=O) groups is 2. The van der Waals surface area contributed by atoms with Crippen LogP contribution in [0.4, 0.5) is 4.39 Å². The molecule has 5 nitrogen and oxygen atoms in total. The summed E-state index contributed by atoms with van der Waals surface area (Å²) in [6.07, 6.45) is 6.85. The van der Waals surface area contributed by atoms with E-state index in [9.17, 15) is 14.7 Å². The van der Waals surface area contributed by atoms with Gasteiger partial charge >= 0.3 is 0 Å². The number of amides is 1. The molecule has 6 heteroatoms. The molecule has 6 fully saturated rings. The zero-order valence-electron chi connectivity index (χ0n) is 20.3. The van der Waals surface area contributed by atoms with Crippen LogP contribution in [0.5, 0.6) is 0 Å². The van der Waals surface area contributed by atoms with Crippen molar-refractivity contribution in [2.75, 3.05) is 32.7 Å². The number of aliphatic hydroxyl groups is 1. The van der Waals surface area contributed by atoms with Gasteiger partial charge in [0.2, 0.25) is 5.91 Å². The summed E-state index contributed by atoms with van der Waals surface area (Å²) in [6, 6.07) is 0. The molecule has 10 atom stereocenters. The lowest BCUT2D eigenvalue weighted by Crippen LogP contribution is -2.54. The molecule has 1 unspecified atom stereocenters. The predicted molar refractivity (Wildman–Crippen MR) is 123 cm³/mol. The van der Waals surface area contributed by atoms with Gasteiger partial charge in [-0.2, -0.15) is 0 Å². The van der Waals surface area contributed by atoms with E-state index >= 15 is 4.39 Å². The van der Waals surface area contributed by atoms with Crippen LogP contribution < -0.4 is 0 Å². The fourth-order valence-electron chi connectivity index (χ4n) is 9.72. The maximum Gasteiger partial charge on any atom is 0.219 e. The van der Waals surface area contributed by atoms with Crippen LogP contribution >= 0.6 is 0 Å². The number of carbonyl (C=O) groups excluding carboxylic acids is 2. The highest BCUT2D eigenvalue weighted by atomic mass is 19.1. The van der Waals surface area contributed by atoms with Crippen molar-refractivity contribution in [1.82, 2.24) is 9.80 Å². The Balaban J connectivity index is 1.13. The minimum absolute atomic E-state index is 0.0149. The first-order valence-electron chi connectivity index (χ1n) is 13.6. The van der Waals surface area contributed by atoms with Crippen molar-refractivity contribution in [3.05, 3.63) is 0 Å². The zero-order valence-corrected chi connectivity index (χ0v) is 20.3. The van der Waals surface area contributed by atoms with Crippen molar-refractivity contribution in [3.63, 3.8) is 0 Å². The third-order valence-electron chi connectivity index (χ3n) is 11.5. The molecular formula is C27H41FN2O3. The number of hydrogen-bond acceptors (Lipinski definition) is 4. The van der Waals surface area contributed by atoms with Gasteiger partial charge in [0, 0.05) is 39.0 Å². The number of nitrogens with zero attached hydrogens (tertiary/aromatic N) is 2. The first-order chi connectivity index (χ1) is 15.7. The second-order valence-corrected chi connectivity index (χ2v) is 12.8. The van der Waals surface area contributed by atoms with E-state index < -0.39 is 11.8 Å². The number of ketones is 1. The molecular weight excluding hydrogens is 419 g/mol. The average molecular weight is 461 g/mol. The summed E-state index contributed by atoms with van der Waals surface area (Å²) >= 11 is 0. The summed E-state index contributed by atoms with van der Waals surface area (Å²) in [6.45, 7) is 7.46. The van der Waals surface area contributed by atoms with Crippen LogP contribution in [0.2, 0.25) is 0 Å². The summed E-state index contributed by atoms with van der Waals surface area (Å²) < 4.78 is 15.6. The Hall–Kier alpha value is -1.01. The van der Waals surface area contributed by atoms with Crippen molar-refractivity contribution >= 4 is 11.7 Å². The fourth-order valence-corrected chi connectivity index (χ4v) is 9.72. The van der Waals surface area contributed by atoms with Crippen molar-refractivity contribution in [1.29, 1.82) is 0 Å². The van der Waals surface area contributed by atoms with Gasteiger partial charge in [0.15, 0.2) is 0 Å². The Labute approximate surface area is 197 Å².